The summed E-state index contributed by atoms with van der Waals surface area (Å²) in [6, 6.07) is 0. The molecule has 0 aromatic rings. The zero-order valence-corrected chi connectivity index (χ0v) is 33.6. The van der Waals surface area contributed by atoms with Crippen LogP contribution < -0.4 is 5.32 Å². The van der Waals surface area contributed by atoms with E-state index in [2.05, 4.69) is 5.32 Å². The Balaban J connectivity index is 0.0000125. The van der Waals surface area contributed by atoms with Crippen molar-refractivity contribution in [2.24, 2.45) is 11.8 Å². The van der Waals surface area contributed by atoms with Crippen LogP contribution in [0, 0.1) is 11.8 Å². The zero-order chi connectivity index (χ0) is 35.7. The van der Waals surface area contributed by atoms with E-state index in [0.29, 0.717) is 38.6 Å². The normalized spacial score (nSPS) is 16.7. The first kappa shape index (κ1) is 44.8. The monoisotopic (exact) mass is 801 g/mol. The van der Waals surface area contributed by atoms with E-state index in [0.717, 1.165) is 38.5 Å². The molecule has 15 heteroatoms. The summed E-state index contributed by atoms with van der Waals surface area (Å²) in [6.07, 6.45) is 21.1. The zero-order valence-electron chi connectivity index (χ0n) is 28.7. The lowest BCUT2D eigenvalue weighted by atomic mass is 9.94. The van der Waals surface area contributed by atoms with Crippen LogP contribution >= 0.6 is 64.8 Å². The maximum absolute atomic E-state index is 12.4. The lowest BCUT2D eigenvalue weighted by Crippen LogP contribution is -2.27. The highest BCUT2D eigenvalue weighted by atomic mass is 33.2. The van der Waals surface area contributed by atoms with Gasteiger partial charge in [0.1, 0.15) is 5.78 Å². The van der Waals surface area contributed by atoms with E-state index in [1.165, 1.54) is 64.2 Å². The van der Waals surface area contributed by atoms with Crippen molar-refractivity contribution >= 4 is 94.4 Å². The number of nitrogens with one attached hydrogen (secondary N) is 1. The summed E-state index contributed by atoms with van der Waals surface area (Å²) in [5.41, 5.74) is 0. The SMILES string of the molecule is O=C(O)CCCCCCCCCCCCCCCCCCC(=O)C[C@@H](CCC(=O)NCCCC[C@@H](C(=O)O)C1SSC2(SS1)SS2)C(=O)O.[HH]. The molecule has 0 radical (unpaired) electrons. The highest BCUT2D eigenvalue weighted by Gasteiger charge is 2.53. The molecular formula is C34H59NO8S6. The molecule has 1 spiro atoms. The van der Waals surface area contributed by atoms with Crippen LogP contribution in [0.1, 0.15) is 156 Å². The minimum Gasteiger partial charge on any atom is -0.481 e. The summed E-state index contributed by atoms with van der Waals surface area (Å²) in [5, 5.41) is 30.8. The molecule has 2 fully saturated rings. The molecule has 0 aliphatic carbocycles. The van der Waals surface area contributed by atoms with Gasteiger partial charge in [-0.2, -0.15) is 0 Å². The summed E-state index contributed by atoms with van der Waals surface area (Å²) in [4.78, 5) is 58.8. The molecule has 49 heavy (non-hydrogen) atoms. The maximum Gasteiger partial charge on any atom is 0.308 e. The molecule has 2 heterocycles. The van der Waals surface area contributed by atoms with Gasteiger partial charge < -0.3 is 20.6 Å². The van der Waals surface area contributed by atoms with Gasteiger partial charge in [-0.25, -0.2) is 0 Å². The smallest absolute Gasteiger partial charge is 0.308 e. The number of amides is 1. The van der Waals surface area contributed by atoms with Crippen LogP contribution in [0.2, 0.25) is 0 Å². The molecule has 0 saturated carbocycles. The average Bonchev–Trinajstić information content (AvgIpc) is 3.82. The van der Waals surface area contributed by atoms with Crippen LogP contribution in [0.25, 0.3) is 0 Å². The molecule has 2 saturated heterocycles. The summed E-state index contributed by atoms with van der Waals surface area (Å²) in [5.74, 6) is -4.08. The van der Waals surface area contributed by atoms with Crippen LogP contribution in [0.3, 0.4) is 0 Å². The van der Waals surface area contributed by atoms with Crippen molar-refractivity contribution in [1.82, 2.24) is 5.32 Å². The van der Waals surface area contributed by atoms with E-state index in [1.54, 1.807) is 43.2 Å². The van der Waals surface area contributed by atoms with Crippen LogP contribution in [-0.2, 0) is 24.0 Å². The highest BCUT2D eigenvalue weighted by Crippen LogP contribution is 2.84. The van der Waals surface area contributed by atoms with E-state index < -0.39 is 29.7 Å². The molecule has 0 bridgehead atoms. The summed E-state index contributed by atoms with van der Waals surface area (Å²) in [6.45, 7) is 0.424. The molecule has 1 amide bonds. The minimum atomic E-state index is -1.04. The fraction of sp³-hybridized carbons (Fsp3) is 0.853. The Labute approximate surface area is 318 Å². The van der Waals surface area contributed by atoms with Crippen molar-refractivity contribution < 1.29 is 40.7 Å². The highest BCUT2D eigenvalue weighted by molar-refractivity contribution is 9.14. The first-order valence-corrected chi connectivity index (χ1v) is 24.7. The first-order valence-electron chi connectivity index (χ1n) is 18.1. The number of carbonyl (C=O) groups excluding carboxylic acids is 2. The van der Waals surface area contributed by atoms with Crippen molar-refractivity contribution in [2.45, 2.75) is 161 Å². The molecule has 284 valence electrons. The molecule has 4 N–H and O–H groups in total. The lowest BCUT2D eigenvalue weighted by Gasteiger charge is -2.27. The van der Waals surface area contributed by atoms with Gasteiger partial charge in [0.15, 0.2) is 2.74 Å². The second-order valence-corrected chi connectivity index (χ2v) is 22.6. The molecule has 2 rings (SSSR count). The number of hydrogen-bond acceptors (Lipinski definition) is 11. The van der Waals surface area contributed by atoms with Crippen LogP contribution in [0.4, 0.5) is 0 Å². The first-order chi connectivity index (χ1) is 23.6. The van der Waals surface area contributed by atoms with Crippen LogP contribution in [0.5, 0.6) is 0 Å². The second-order valence-electron chi connectivity index (χ2n) is 13.1. The number of carbonyl (C=O) groups is 5. The van der Waals surface area contributed by atoms with E-state index in [1.807, 2.05) is 21.6 Å². The Morgan fingerprint density at radius 3 is 1.51 bits per heavy atom. The molecular weight excluding hydrogens is 743 g/mol. The fourth-order valence-electron chi connectivity index (χ4n) is 5.72. The van der Waals surface area contributed by atoms with Gasteiger partial charge in [-0.3, -0.25) is 24.0 Å². The molecule has 2 aliphatic heterocycles. The van der Waals surface area contributed by atoms with Crippen molar-refractivity contribution in [2.75, 3.05) is 6.54 Å². The van der Waals surface area contributed by atoms with Crippen molar-refractivity contribution in [3.63, 3.8) is 0 Å². The predicted molar refractivity (Wildman–Crippen MR) is 213 cm³/mol. The van der Waals surface area contributed by atoms with Gasteiger partial charge in [-0.1, -0.05) is 139 Å². The average molecular weight is 802 g/mol. The number of hydrogen-bond donors (Lipinski definition) is 4. The molecule has 0 aromatic heterocycles. The molecule has 2 aliphatic rings. The summed E-state index contributed by atoms with van der Waals surface area (Å²) >= 11 is 0. The van der Waals surface area contributed by atoms with Gasteiger partial charge >= 0.3 is 17.9 Å². The van der Waals surface area contributed by atoms with E-state index in [9.17, 15) is 34.2 Å². The third kappa shape index (κ3) is 22.4. The Morgan fingerprint density at radius 1 is 0.571 bits per heavy atom. The van der Waals surface area contributed by atoms with Crippen molar-refractivity contribution in [3.05, 3.63) is 0 Å². The third-order valence-corrected chi connectivity index (χ3v) is 22.6. The Morgan fingerprint density at radius 2 is 1.06 bits per heavy atom. The largest absolute Gasteiger partial charge is 0.481 e. The Bertz CT molecular complexity index is 999. The Kier molecular flexibility index (Phi) is 25.0. The van der Waals surface area contributed by atoms with Gasteiger partial charge in [0.2, 0.25) is 5.91 Å². The van der Waals surface area contributed by atoms with Gasteiger partial charge in [-0.15, -0.1) is 0 Å². The molecule has 2 atom stereocenters. The minimum absolute atomic E-state index is 0. The quantitative estimate of drug-likeness (QED) is 0.0289. The summed E-state index contributed by atoms with van der Waals surface area (Å²) < 4.78 is 0.142. The lowest BCUT2D eigenvalue weighted by molar-refractivity contribution is -0.144. The maximum atomic E-state index is 12.4. The fourth-order valence-corrected chi connectivity index (χ4v) is 19.5. The molecule has 0 unspecified atom stereocenters. The number of carboxylic acid groups (broad SMARTS) is 3. The second kappa shape index (κ2) is 27.3. The number of ketones is 1. The summed E-state index contributed by atoms with van der Waals surface area (Å²) in [7, 11) is 10.4. The van der Waals surface area contributed by atoms with E-state index in [-0.39, 0.29) is 39.7 Å². The van der Waals surface area contributed by atoms with Gasteiger partial charge in [0.05, 0.1) is 16.4 Å². The standard InChI is InChI=1S/C34H57NO8S6.H2/c36-27(19-15-13-11-9-7-5-3-1-2-4-6-8-10-12-14-16-21-30(38)39)25-26(31(40)41)22-23-29(37)35-24-18-17-20-28(32(42)43)33-44-46-34(47-45-33)48-49-34;/h26,28,33H,1-25H2,(H,35,37)(H,38,39)(H,40,41)(H,42,43);1H/t26-,28+;/m1./s1. The van der Waals surface area contributed by atoms with Gasteiger partial charge in [0, 0.05) is 33.7 Å². The number of carboxylic acids is 3. The van der Waals surface area contributed by atoms with Crippen molar-refractivity contribution in [1.29, 1.82) is 0 Å². The third-order valence-electron chi connectivity index (χ3n) is 8.76. The van der Waals surface area contributed by atoms with Crippen molar-refractivity contribution in [3.8, 4) is 0 Å². The molecule has 0 aromatic carbocycles. The number of aliphatic carboxylic acids is 3. The van der Waals surface area contributed by atoms with Crippen LogP contribution in [0.15, 0.2) is 0 Å². The number of Topliss-reactive ketones (excluding diaryl/α,β-unsaturated/α-hetero) is 1. The van der Waals surface area contributed by atoms with E-state index >= 15 is 0 Å². The topological polar surface area (TPSA) is 158 Å². The van der Waals surface area contributed by atoms with Gasteiger partial charge in [0.25, 0.3) is 0 Å². The van der Waals surface area contributed by atoms with Gasteiger partial charge in [-0.05, 0) is 53.7 Å². The van der Waals surface area contributed by atoms with E-state index in [4.69, 9.17) is 5.11 Å². The molecule has 9 nitrogen and oxygen atoms in total. The number of unbranched alkanes of at least 4 members (excludes halogenated alkanes) is 16. The van der Waals surface area contributed by atoms with Crippen LogP contribution in [-0.4, -0.2) is 58.8 Å². The Hall–Kier alpha value is -0.350. The predicted octanol–water partition coefficient (Wildman–Crippen LogP) is 10.9. The number of rotatable bonds is 32.